The first-order valence-electron chi connectivity index (χ1n) is 9.31. The summed E-state index contributed by atoms with van der Waals surface area (Å²) in [6.07, 6.45) is 5.89. The van der Waals surface area contributed by atoms with Crippen LogP contribution in [0.15, 0.2) is 53.5 Å². The van der Waals surface area contributed by atoms with E-state index in [1.54, 1.807) is 36.4 Å². The monoisotopic (exact) mass is 397 g/mol. The molecule has 1 amide bonds. The molecule has 28 heavy (non-hydrogen) atoms. The maximum absolute atomic E-state index is 12.5. The van der Waals surface area contributed by atoms with E-state index in [1.165, 1.54) is 23.6 Å². The number of hydrogen-bond acceptors (Lipinski definition) is 4. The van der Waals surface area contributed by atoms with Crippen LogP contribution in [0.4, 0.5) is 5.69 Å². The van der Waals surface area contributed by atoms with Gasteiger partial charge in [-0.05, 0) is 56.0 Å². The highest BCUT2D eigenvalue weighted by Crippen LogP contribution is 2.31. The number of amides is 1. The van der Waals surface area contributed by atoms with E-state index in [2.05, 4.69) is 10.3 Å². The number of halogens is 1. The first kappa shape index (κ1) is 18.5. The average Bonchev–Trinajstić information content (AvgIpc) is 3.19. The Morgan fingerprint density at radius 2 is 2.00 bits per heavy atom. The second-order valence-corrected chi connectivity index (χ2v) is 7.30. The van der Waals surface area contributed by atoms with Crippen LogP contribution >= 0.6 is 11.6 Å². The van der Waals surface area contributed by atoms with Crippen molar-refractivity contribution in [3.8, 4) is 5.75 Å². The molecule has 0 radical (unpaired) electrons. The number of para-hydroxylation sites is 2. The normalized spacial score (nSPS) is 14.3. The summed E-state index contributed by atoms with van der Waals surface area (Å²) in [6, 6.07) is 12.4. The van der Waals surface area contributed by atoms with Gasteiger partial charge in [0, 0.05) is 5.69 Å². The van der Waals surface area contributed by atoms with Crippen LogP contribution in [-0.2, 0) is 11.3 Å². The van der Waals surface area contributed by atoms with Gasteiger partial charge in [0.15, 0.2) is 0 Å². The molecule has 1 aliphatic carbocycles. The lowest BCUT2D eigenvalue weighted by Gasteiger charge is -2.15. The number of anilines is 1. The highest BCUT2D eigenvalue weighted by Gasteiger charge is 2.18. The summed E-state index contributed by atoms with van der Waals surface area (Å²) in [6.45, 7) is -0.111. The molecule has 0 atom stereocenters. The van der Waals surface area contributed by atoms with Crippen LogP contribution in [0, 0.1) is 0 Å². The number of rotatable bonds is 5. The summed E-state index contributed by atoms with van der Waals surface area (Å²) in [4.78, 5) is 28.8. The number of carbonyl (C=O) groups excluding carboxylic acids is 1. The third-order valence-corrected chi connectivity index (χ3v) is 5.16. The van der Waals surface area contributed by atoms with Crippen molar-refractivity contribution in [2.75, 3.05) is 5.32 Å². The summed E-state index contributed by atoms with van der Waals surface area (Å²) in [5, 5.41) is 3.24. The third-order valence-electron chi connectivity index (χ3n) is 4.87. The van der Waals surface area contributed by atoms with Gasteiger partial charge < -0.3 is 10.1 Å². The molecule has 4 rings (SSSR count). The Bertz CT molecular complexity index is 1070. The largest absolute Gasteiger partial charge is 0.489 e. The van der Waals surface area contributed by atoms with Gasteiger partial charge in [-0.15, -0.1) is 0 Å². The van der Waals surface area contributed by atoms with E-state index in [1.807, 2.05) is 6.07 Å². The van der Waals surface area contributed by atoms with E-state index in [0.717, 1.165) is 12.8 Å². The van der Waals surface area contributed by atoms with Gasteiger partial charge in [-0.1, -0.05) is 23.7 Å². The van der Waals surface area contributed by atoms with Crippen molar-refractivity contribution in [2.45, 2.75) is 38.3 Å². The molecule has 0 saturated heterocycles. The topological polar surface area (TPSA) is 73.2 Å². The molecule has 1 aliphatic rings. The fourth-order valence-electron chi connectivity index (χ4n) is 3.48. The van der Waals surface area contributed by atoms with Crippen molar-refractivity contribution in [2.24, 2.45) is 0 Å². The van der Waals surface area contributed by atoms with Gasteiger partial charge in [-0.25, -0.2) is 4.98 Å². The zero-order chi connectivity index (χ0) is 19.5. The number of aromatic nitrogens is 2. The predicted molar refractivity (Wildman–Crippen MR) is 109 cm³/mol. The molecular weight excluding hydrogens is 378 g/mol. The Morgan fingerprint density at radius 1 is 1.21 bits per heavy atom. The first-order chi connectivity index (χ1) is 13.6. The minimum atomic E-state index is -0.327. The van der Waals surface area contributed by atoms with E-state index in [4.69, 9.17) is 16.3 Å². The van der Waals surface area contributed by atoms with Crippen molar-refractivity contribution >= 4 is 34.2 Å². The van der Waals surface area contributed by atoms with E-state index in [0.29, 0.717) is 27.5 Å². The first-order valence-corrected chi connectivity index (χ1v) is 9.68. The fourth-order valence-corrected chi connectivity index (χ4v) is 3.71. The van der Waals surface area contributed by atoms with Crippen LogP contribution in [0.25, 0.3) is 11.0 Å². The molecule has 0 unspecified atom stereocenters. The van der Waals surface area contributed by atoms with E-state index < -0.39 is 0 Å². The van der Waals surface area contributed by atoms with Crippen LogP contribution in [0.3, 0.4) is 0 Å². The van der Waals surface area contributed by atoms with E-state index in [-0.39, 0.29) is 24.1 Å². The summed E-state index contributed by atoms with van der Waals surface area (Å²) >= 11 is 6.32. The fraction of sp³-hybridized carbons (Fsp3) is 0.286. The highest BCUT2D eigenvalue weighted by atomic mass is 35.5. The molecule has 0 spiro atoms. The Hall–Kier alpha value is -2.86. The number of fused-ring (bicyclic) bond motifs is 1. The molecule has 2 aromatic carbocycles. The van der Waals surface area contributed by atoms with Crippen LogP contribution in [0.2, 0.25) is 5.02 Å². The molecule has 1 saturated carbocycles. The van der Waals surface area contributed by atoms with Crippen LogP contribution in [0.1, 0.15) is 25.7 Å². The average molecular weight is 398 g/mol. The standard InChI is InChI=1S/C21H20ClN3O3/c22-16-11-14(9-10-19(16)28-15-5-1-2-6-15)24-20(26)13-25-18-8-4-3-7-17(18)23-12-21(25)27/h3-4,7-12,15H,1-2,5-6,13H2,(H,24,26). The van der Waals surface area contributed by atoms with Gasteiger partial charge in [0.25, 0.3) is 5.56 Å². The Kier molecular flexibility index (Phi) is 5.30. The summed E-state index contributed by atoms with van der Waals surface area (Å²) in [5.74, 6) is 0.307. The SMILES string of the molecule is O=C(Cn1c(=O)cnc2ccccc21)Nc1ccc(OC2CCCC2)c(Cl)c1. The van der Waals surface area contributed by atoms with Gasteiger partial charge >= 0.3 is 0 Å². The van der Waals surface area contributed by atoms with E-state index in [9.17, 15) is 9.59 Å². The lowest BCUT2D eigenvalue weighted by molar-refractivity contribution is -0.116. The third kappa shape index (κ3) is 4.02. The van der Waals surface area contributed by atoms with Crippen molar-refractivity contribution < 1.29 is 9.53 Å². The summed E-state index contributed by atoms with van der Waals surface area (Å²) in [7, 11) is 0. The summed E-state index contributed by atoms with van der Waals surface area (Å²) in [5.41, 5.74) is 1.50. The molecule has 1 aromatic heterocycles. The number of nitrogens with zero attached hydrogens (tertiary/aromatic N) is 2. The van der Waals surface area contributed by atoms with Crippen molar-refractivity contribution in [1.29, 1.82) is 0 Å². The number of carbonyl (C=O) groups is 1. The minimum absolute atomic E-state index is 0.111. The zero-order valence-corrected chi connectivity index (χ0v) is 16.0. The Labute approximate surface area is 167 Å². The molecule has 3 aromatic rings. The van der Waals surface area contributed by atoms with Crippen LogP contribution < -0.4 is 15.6 Å². The van der Waals surface area contributed by atoms with E-state index >= 15 is 0 Å². The minimum Gasteiger partial charge on any atom is -0.489 e. The van der Waals surface area contributed by atoms with Crippen molar-refractivity contribution in [3.63, 3.8) is 0 Å². The van der Waals surface area contributed by atoms with Gasteiger partial charge in [-0.3, -0.25) is 14.2 Å². The predicted octanol–water partition coefficient (Wildman–Crippen LogP) is 4.01. The number of benzene rings is 2. The van der Waals surface area contributed by atoms with Crippen LogP contribution in [0.5, 0.6) is 5.75 Å². The number of nitrogens with one attached hydrogen (secondary N) is 1. The lowest BCUT2D eigenvalue weighted by atomic mass is 10.2. The molecule has 1 heterocycles. The van der Waals surface area contributed by atoms with Crippen molar-refractivity contribution in [1.82, 2.24) is 9.55 Å². The highest BCUT2D eigenvalue weighted by molar-refractivity contribution is 6.32. The Morgan fingerprint density at radius 3 is 2.79 bits per heavy atom. The second kappa shape index (κ2) is 8.02. The Balaban J connectivity index is 1.48. The zero-order valence-electron chi connectivity index (χ0n) is 15.2. The maximum Gasteiger partial charge on any atom is 0.269 e. The summed E-state index contributed by atoms with van der Waals surface area (Å²) < 4.78 is 7.33. The maximum atomic E-state index is 12.5. The molecule has 0 aliphatic heterocycles. The molecule has 0 bridgehead atoms. The molecule has 6 nitrogen and oxygen atoms in total. The molecule has 1 fully saturated rings. The van der Waals surface area contributed by atoms with Gasteiger partial charge in [0.2, 0.25) is 5.91 Å². The quantitative estimate of drug-likeness (QED) is 0.706. The molecule has 144 valence electrons. The van der Waals surface area contributed by atoms with Gasteiger partial charge in [0.1, 0.15) is 12.3 Å². The van der Waals surface area contributed by atoms with Gasteiger partial charge in [-0.2, -0.15) is 0 Å². The molecule has 7 heteroatoms. The molecular formula is C21H20ClN3O3. The second-order valence-electron chi connectivity index (χ2n) is 6.89. The molecule has 1 N–H and O–H groups in total. The smallest absolute Gasteiger partial charge is 0.269 e. The number of ether oxygens (including phenoxy) is 1. The van der Waals surface area contributed by atoms with Gasteiger partial charge in [0.05, 0.1) is 28.4 Å². The lowest BCUT2D eigenvalue weighted by Crippen LogP contribution is -2.28. The van der Waals surface area contributed by atoms with Crippen molar-refractivity contribution in [3.05, 3.63) is 64.0 Å². The van der Waals surface area contributed by atoms with Crippen LogP contribution in [-0.4, -0.2) is 21.6 Å². The number of hydrogen-bond donors (Lipinski definition) is 1.